The summed E-state index contributed by atoms with van der Waals surface area (Å²) in [7, 11) is 0. The number of nitrogens with one attached hydrogen (secondary N) is 1. The number of allylic oxidation sites excluding steroid dienone is 1. The van der Waals surface area contributed by atoms with Crippen LogP contribution in [-0.4, -0.2) is 30.6 Å². The molecular formula is C25H19Cl3F9NO2. The summed E-state index contributed by atoms with van der Waals surface area (Å²) in [5.74, 6) is -5.71. The fraction of sp³-hybridized carbons (Fsp3) is 0.360. The molecule has 3 nitrogen and oxygen atoms in total. The first-order chi connectivity index (χ1) is 18.0. The highest BCUT2D eigenvalue weighted by molar-refractivity contribution is 6.48. The molecule has 0 aliphatic heterocycles. The zero-order valence-corrected chi connectivity index (χ0v) is 22.7. The average Bonchev–Trinajstić information content (AvgIpc) is 2.78. The van der Waals surface area contributed by atoms with Crippen LogP contribution in [0.3, 0.4) is 0 Å². The van der Waals surface area contributed by atoms with Gasteiger partial charge in [0.1, 0.15) is 0 Å². The number of amides is 1. The third kappa shape index (κ3) is 9.04. The molecule has 0 heterocycles. The summed E-state index contributed by atoms with van der Waals surface area (Å²) >= 11 is 17.4. The summed E-state index contributed by atoms with van der Waals surface area (Å²) in [6.07, 6.45) is -14.5. The minimum absolute atomic E-state index is 0.182. The molecule has 15 heteroatoms. The fourth-order valence-corrected chi connectivity index (χ4v) is 4.14. The Labute approximate surface area is 237 Å². The lowest BCUT2D eigenvalue weighted by atomic mass is 9.84. The molecule has 0 radical (unpaired) electrons. The predicted molar refractivity (Wildman–Crippen MR) is 133 cm³/mol. The highest BCUT2D eigenvalue weighted by Crippen LogP contribution is 2.41. The number of halogens is 12. The molecule has 1 amide bonds. The third-order valence-corrected chi connectivity index (χ3v) is 6.67. The Kier molecular flexibility index (Phi) is 10.3. The molecular weight excluding hydrogens is 624 g/mol. The monoisotopic (exact) mass is 641 g/mol. The number of carbonyl (C=O) groups excluding carboxylic acids is 2. The van der Waals surface area contributed by atoms with E-state index in [4.69, 9.17) is 34.8 Å². The van der Waals surface area contributed by atoms with Crippen molar-refractivity contribution in [2.75, 3.05) is 6.54 Å². The molecule has 1 unspecified atom stereocenters. The number of alkyl halides is 9. The molecule has 2 rings (SSSR count). The Bertz CT molecular complexity index is 1280. The first-order valence-corrected chi connectivity index (χ1v) is 12.1. The number of carbonyl (C=O) groups is 2. The summed E-state index contributed by atoms with van der Waals surface area (Å²) in [6.45, 7) is 1.85. The summed E-state index contributed by atoms with van der Waals surface area (Å²) in [6, 6.07) is 4.04. The van der Waals surface area contributed by atoms with Crippen LogP contribution < -0.4 is 5.32 Å². The predicted octanol–water partition coefficient (Wildman–Crippen LogP) is 9.30. The van der Waals surface area contributed by atoms with E-state index in [0.717, 1.165) is 30.3 Å². The highest BCUT2D eigenvalue weighted by atomic mass is 35.5. The van der Waals surface area contributed by atoms with Crippen LogP contribution in [0.2, 0.25) is 15.1 Å². The molecule has 40 heavy (non-hydrogen) atoms. The molecule has 1 atom stereocenters. The number of hydrogen-bond donors (Lipinski definition) is 1. The molecule has 1 N–H and O–H groups in total. The van der Waals surface area contributed by atoms with Gasteiger partial charge in [0.2, 0.25) is 0 Å². The van der Waals surface area contributed by atoms with Crippen molar-refractivity contribution in [2.24, 2.45) is 5.41 Å². The normalized spacial score (nSPS) is 13.9. The summed E-state index contributed by atoms with van der Waals surface area (Å²) < 4.78 is 120. The molecule has 0 saturated heterocycles. The molecule has 2 aromatic carbocycles. The van der Waals surface area contributed by atoms with Gasteiger partial charge in [-0.05, 0) is 34.7 Å². The van der Waals surface area contributed by atoms with Gasteiger partial charge in [0.15, 0.2) is 5.78 Å². The van der Waals surface area contributed by atoms with E-state index in [1.807, 2.05) is 0 Å². The fourth-order valence-electron chi connectivity index (χ4n) is 3.53. The summed E-state index contributed by atoms with van der Waals surface area (Å²) in [5, 5.41) is 0.854. The van der Waals surface area contributed by atoms with E-state index < -0.39 is 71.2 Å². The lowest BCUT2D eigenvalue weighted by molar-refractivity contribution is -0.174. The first kappa shape index (κ1) is 33.8. The number of rotatable bonds is 8. The SMILES string of the molecule is CC(C)(CNC(=O)C(F)(F)F)CC(=O)c1ccc(/C=C/C(c2cc(Cl)c(Cl)c(Cl)c2)C(F)(F)F)cc1C(F)(F)F. The topological polar surface area (TPSA) is 46.2 Å². The van der Waals surface area contributed by atoms with Crippen molar-refractivity contribution in [1.82, 2.24) is 5.32 Å². The molecule has 0 saturated carbocycles. The van der Waals surface area contributed by atoms with Crippen molar-refractivity contribution in [3.05, 3.63) is 73.7 Å². The van der Waals surface area contributed by atoms with Crippen molar-refractivity contribution in [2.45, 2.75) is 44.7 Å². The van der Waals surface area contributed by atoms with Gasteiger partial charge in [-0.2, -0.15) is 39.5 Å². The van der Waals surface area contributed by atoms with Crippen LogP contribution in [-0.2, 0) is 11.0 Å². The van der Waals surface area contributed by atoms with Gasteiger partial charge in [-0.25, -0.2) is 0 Å². The number of benzene rings is 2. The minimum atomic E-state index is -5.19. The lowest BCUT2D eigenvalue weighted by Crippen LogP contribution is -2.42. The van der Waals surface area contributed by atoms with Crippen molar-refractivity contribution in [3.8, 4) is 0 Å². The Morgan fingerprint density at radius 1 is 0.900 bits per heavy atom. The number of hydrogen-bond acceptors (Lipinski definition) is 2. The Balaban J connectivity index is 2.39. The maximum Gasteiger partial charge on any atom is 0.471 e. The number of ketones is 1. The van der Waals surface area contributed by atoms with Crippen LogP contribution in [0.25, 0.3) is 6.08 Å². The van der Waals surface area contributed by atoms with Crippen LogP contribution in [0.1, 0.15) is 53.2 Å². The zero-order chi connectivity index (χ0) is 30.8. The molecule has 220 valence electrons. The molecule has 0 aliphatic rings. The van der Waals surface area contributed by atoms with E-state index in [-0.39, 0.29) is 20.6 Å². The minimum Gasteiger partial charge on any atom is -0.348 e. The first-order valence-electron chi connectivity index (χ1n) is 11.0. The van der Waals surface area contributed by atoms with Gasteiger partial charge in [0, 0.05) is 18.5 Å². The second kappa shape index (κ2) is 12.2. The molecule has 0 spiro atoms. The van der Waals surface area contributed by atoms with Gasteiger partial charge in [-0.1, -0.05) is 72.9 Å². The maximum atomic E-state index is 13.8. The Hall–Kier alpha value is -2.44. The lowest BCUT2D eigenvalue weighted by Gasteiger charge is -2.25. The van der Waals surface area contributed by atoms with Gasteiger partial charge < -0.3 is 5.32 Å². The molecule has 0 fully saturated rings. The smallest absolute Gasteiger partial charge is 0.348 e. The van der Waals surface area contributed by atoms with Crippen molar-refractivity contribution >= 4 is 52.6 Å². The molecule has 0 aromatic heterocycles. The Morgan fingerprint density at radius 3 is 1.93 bits per heavy atom. The van der Waals surface area contributed by atoms with Gasteiger partial charge in [-0.3, -0.25) is 9.59 Å². The quantitative estimate of drug-likeness (QED) is 0.177. The summed E-state index contributed by atoms with van der Waals surface area (Å²) in [4.78, 5) is 23.8. The summed E-state index contributed by atoms with van der Waals surface area (Å²) in [5.41, 5.74) is -4.44. The molecule has 0 aliphatic carbocycles. The van der Waals surface area contributed by atoms with Crippen molar-refractivity contribution in [1.29, 1.82) is 0 Å². The highest BCUT2D eigenvalue weighted by Gasteiger charge is 2.41. The second-order valence-corrected chi connectivity index (χ2v) is 10.6. The van der Waals surface area contributed by atoms with E-state index in [9.17, 15) is 49.1 Å². The third-order valence-electron chi connectivity index (χ3n) is 5.47. The van der Waals surface area contributed by atoms with Crippen LogP contribution in [0.5, 0.6) is 0 Å². The second-order valence-electron chi connectivity index (χ2n) is 9.42. The van der Waals surface area contributed by atoms with Gasteiger partial charge in [0.05, 0.1) is 26.5 Å². The van der Waals surface area contributed by atoms with E-state index in [2.05, 4.69) is 0 Å². The van der Waals surface area contributed by atoms with Crippen LogP contribution in [0.15, 0.2) is 36.4 Å². The van der Waals surface area contributed by atoms with Crippen LogP contribution in [0, 0.1) is 5.41 Å². The number of Topliss-reactive ketones (excluding diaryl/α,β-unsaturated/α-hetero) is 1. The van der Waals surface area contributed by atoms with Crippen molar-refractivity contribution < 1.29 is 49.1 Å². The van der Waals surface area contributed by atoms with E-state index in [1.165, 1.54) is 13.8 Å². The molecule has 2 aromatic rings. The van der Waals surface area contributed by atoms with Crippen molar-refractivity contribution in [3.63, 3.8) is 0 Å². The van der Waals surface area contributed by atoms with E-state index in [1.54, 1.807) is 5.32 Å². The molecule has 0 bridgehead atoms. The van der Waals surface area contributed by atoms with Crippen LogP contribution >= 0.6 is 34.8 Å². The van der Waals surface area contributed by atoms with E-state index >= 15 is 0 Å². The largest absolute Gasteiger partial charge is 0.471 e. The van der Waals surface area contributed by atoms with Gasteiger partial charge >= 0.3 is 24.4 Å². The van der Waals surface area contributed by atoms with Crippen LogP contribution in [0.4, 0.5) is 39.5 Å². The Morgan fingerprint density at radius 2 is 1.45 bits per heavy atom. The van der Waals surface area contributed by atoms with E-state index in [0.29, 0.717) is 12.1 Å². The average molecular weight is 643 g/mol. The standard InChI is InChI=1S/C25H19Cl3F9NO2/c1-22(2,11-38-21(40)25(35,36)37)10-19(39)14-5-3-12(7-16(14)24(32,33)34)4-6-15(23(29,30)31)13-8-17(26)20(28)18(27)9-13/h3-9,15H,10-11H2,1-2H3,(H,38,40)/b6-4+. The van der Waals surface area contributed by atoms with Gasteiger partial charge in [0.25, 0.3) is 0 Å². The zero-order valence-electron chi connectivity index (χ0n) is 20.4. The van der Waals surface area contributed by atoms with Gasteiger partial charge in [-0.15, -0.1) is 0 Å². The maximum absolute atomic E-state index is 13.8.